The number of hydrogen-bond donors (Lipinski definition) is 2. The average Bonchev–Trinajstić information content (AvgIpc) is 3.16. The number of nitrogens with zero attached hydrogens (tertiary/aromatic N) is 2. The Morgan fingerprint density at radius 2 is 2.08 bits per heavy atom. The minimum Gasteiger partial charge on any atom is -0.325 e. The van der Waals surface area contributed by atoms with Crippen molar-refractivity contribution in [1.29, 1.82) is 0 Å². The molecule has 134 valence electrons. The van der Waals surface area contributed by atoms with Crippen molar-refractivity contribution in [2.75, 3.05) is 5.32 Å². The quantitative estimate of drug-likeness (QED) is 0.599. The topological polar surface area (TPSA) is 82.9 Å². The molecule has 2 amide bonds. The number of rotatable bonds is 4. The van der Waals surface area contributed by atoms with E-state index in [4.69, 9.17) is 11.6 Å². The third-order valence-corrected chi connectivity index (χ3v) is 5.75. The average molecular weight is 407 g/mol. The van der Waals surface area contributed by atoms with E-state index in [2.05, 4.69) is 20.8 Å². The molecule has 1 aromatic carbocycles. The Bertz CT molecular complexity index is 863. The predicted octanol–water partition coefficient (Wildman–Crippen LogP) is 3.74. The lowest BCUT2D eigenvalue weighted by Crippen LogP contribution is -2.41. The van der Waals surface area contributed by atoms with Crippen LogP contribution in [0.2, 0.25) is 5.02 Å². The molecule has 1 fully saturated rings. The van der Waals surface area contributed by atoms with Gasteiger partial charge in [0.15, 0.2) is 5.17 Å². The molecule has 3 rings (SSSR count). The summed E-state index contributed by atoms with van der Waals surface area (Å²) in [5, 5.41) is 15.9. The third kappa shape index (κ3) is 4.94. The number of thiophene rings is 1. The maximum atomic E-state index is 12.4. The fourth-order valence-electron chi connectivity index (χ4n) is 2.15. The molecule has 0 bridgehead atoms. The molecule has 0 saturated carbocycles. The zero-order chi connectivity index (χ0) is 18.5. The highest BCUT2D eigenvalue weighted by molar-refractivity contribution is 8.15. The molecule has 0 radical (unpaired) electrons. The first kappa shape index (κ1) is 18.6. The fourth-order valence-corrected chi connectivity index (χ4v) is 3.88. The molecule has 1 saturated heterocycles. The molecule has 1 aliphatic heterocycles. The fraction of sp³-hybridized carbons (Fsp3) is 0.176. The molecule has 6 nitrogen and oxygen atoms in total. The van der Waals surface area contributed by atoms with E-state index in [0.29, 0.717) is 15.9 Å². The Kier molecular flexibility index (Phi) is 6.08. The van der Waals surface area contributed by atoms with Gasteiger partial charge >= 0.3 is 0 Å². The van der Waals surface area contributed by atoms with E-state index < -0.39 is 5.25 Å². The van der Waals surface area contributed by atoms with Gasteiger partial charge in [0.25, 0.3) is 0 Å². The van der Waals surface area contributed by atoms with E-state index in [0.717, 1.165) is 10.6 Å². The second-order valence-electron chi connectivity index (χ2n) is 5.42. The molecule has 2 heterocycles. The van der Waals surface area contributed by atoms with Gasteiger partial charge in [0.1, 0.15) is 5.25 Å². The summed E-state index contributed by atoms with van der Waals surface area (Å²) in [6.07, 6.45) is 0.0801. The molecule has 2 aromatic rings. The molecule has 1 atom stereocenters. The number of amides is 2. The zero-order valence-electron chi connectivity index (χ0n) is 13.7. The Morgan fingerprint density at radius 3 is 2.77 bits per heavy atom. The molecular formula is C17H15ClN4O2S2. The van der Waals surface area contributed by atoms with Crippen molar-refractivity contribution < 1.29 is 9.59 Å². The maximum Gasteiger partial charge on any atom is 0.238 e. The summed E-state index contributed by atoms with van der Waals surface area (Å²) >= 11 is 8.57. The summed E-state index contributed by atoms with van der Waals surface area (Å²) < 4.78 is 0. The van der Waals surface area contributed by atoms with Crippen LogP contribution < -0.4 is 10.6 Å². The van der Waals surface area contributed by atoms with E-state index in [1.807, 2.05) is 24.4 Å². The highest BCUT2D eigenvalue weighted by atomic mass is 35.5. The maximum absolute atomic E-state index is 12.4. The number of halogens is 1. The summed E-state index contributed by atoms with van der Waals surface area (Å²) in [6.45, 7) is 1.84. The second-order valence-corrected chi connectivity index (χ2v) is 8.00. The Morgan fingerprint density at radius 1 is 1.31 bits per heavy atom. The number of carbonyl (C=O) groups is 2. The van der Waals surface area contributed by atoms with Crippen LogP contribution in [0.5, 0.6) is 0 Å². The van der Waals surface area contributed by atoms with Gasteiger partial charge in [-0.2, -0.15) is 5.10 Å². The van der Waals surface area contributed by atoms with Gasteiger partial charge in [-0.25, -0.2) is 0 Å². The first-order valence-electron chi connectivity index (χ1n) is 7.70. The van der Waals surface area contributed by atoms with E-state index in [1.54, 1.807) is 35.6 Å². The predicted molar refractivity (Wildman–Crippen MR) is 108 cm³/mol. The summed E-state index contributed by atoms with van der Waals surface area (Å²) in [6, 6.07) is 10.7. The Balaban J connectivity index is 1.68. The molecular weight excluding hydrogens is 392 g/mol. The standard InChI is InChI=1S/C17H15ClN4O2S2/c1-10(13-3-2-8-25-13)21-22-17-20-15(23)9-14(26-17)16(24)19-12-6-4-11(18)5-7-12/h2-8,14H,9H2,1H3,(H,19,24)(H,20,22,23)/b21-10-/t14-/m1/s1. The largest absolute Gasteiger partial charge is 0.325 e. The van der Waals surface area contributed by atoms with Crippen LogP contribution in [0.3, 0.4) is 0 Å². The van der Waals surface area contributed by atoms with Gasteiger partial charge in [-0.05, 0) is 42.6 Å². The molecule has 2 N–H and O–H groups in total. The highest BCUT2D eigenvalue weighted by Crippen LogP contribution is 2.23. The monoisotopic (exact) mass is 406 g/mol. The van der Waals surface area contributed by atoms with Crippen LogP contribution in [0.15, 0.2) is 52.0 Å². The lowest BCUT2D eigenvalue weighted by Gasteiger charge is -2.21. The smallest absolute Gasteiger partial charge is 0.238 e. The van der Waals surface area contributed by atoms with Crippen molar-refractivity contribution in [2.45, 2.75) is 18.6 Å². The number of carbonyl (C=O) groups excluding carboxylic acids is 2. The van der Waals surface area contributed by atoms with E-state index in [1.165, 1.54) is 11.8 Å². The highest BCUT2D eigenvalue weighted by Gasteiger charge is 2.30. The third-order valence-electron chi connectivity index (χ3n) is 3.44. The number of amidine groups is 1. The molecule has 1 aromatic heterocycles. The Hall–Kier alpha value is -2.16. The molecule has 0 unspecified atom stereocenters. The van der Waals surface area contributed by atoms with E-state index in [9.17, 15) is 9.59 Å². The van der Waals surface area contributed by atoms with Crippen LogP contribution in [0.25, 0.3) is 0 Å². The number of benzene rings is 1. The zero-order valence-corrected chi connectivity index (χ0v) is 16.1. The van der Waals surface area contributed by atoms with Crippen LogP contribution in [-0.4, -0.2) is 27.9 Å². The Labute approximate surface area is 163 Å². The van der Waals surface area contributed by atoms with Gasteiger partial charge in [0, 0.05) is 17.1 Å². The molecule has 1 aliphatic rings. The number of thioether (sulfide) groups is 1. The van der Waals surface area contributed by atoms with Gasteiger partial charge < -0.3 is 10.6 Å². The summed E-state index contributed by atoms with van der Waals surface area (Å²) in [4.78, 5) is 25.3. The van der Waals surface area contributed by atoms with Crippen LogP contribution in [-0.2, 0) is 9.59 Å². The molecule has 26 heavy (non-hydrogen) atoms. The van der Waals surface area contributed by atoms with Crippen molar-refractivity contribution in [2.24, 2.45) is 10.2 Å². The lowest BCUT2D eigenvalue weighted by atomic mass is 10.2. The van der Waals surface area contributed by atoms with Gasteiger partial charge in [-0.3, -0.25) is 9.59 Å². The van der Waals surface area contributed by atoms with Crippen LogP contribution >= 0.6 is 34.7 Å². The molecule has 9 heteroatoms. The van der Waals surface area contributed by atoms with Crippen molar-refractivity contribution in [3.63, 3.8) is 0 Å². The molecule has 0 aliphatic carbocycles. The summed E-state index contributed by atoms with van der Waals surface area (Å²) in [7, 11) is 0. The lowest BCUT2D eigenvalue weighted by molar-refractivity contribution is -0.123. The van der Waals surface area contributed by atoms with Crippen molar-refractivity contribution in [3.05, 3.63) is 51.7 Å². The summed E-state index contributed by atoms with van der Waals surface area (Å²) in [5.74, 6) is -0.526. The summed E-state index contributed by atoms with van der Waals surface area (Å²) in [5.41, 5.74) is 1.37. The van der Waals surface area contributed by atoms with Crippen molar-refractivity contribution in [3.8, 4) is 0 Å². The first-order chi connectivity index (χ1) is 12.5. The van der Waals surface area contributed by atoms with Gasteiger partial charge in [0.2, 0.25) is 11.8 Å². The van der Waals surface area contributed by atoms with E-state index in [-0.39, 0.29) is 18.2 Å². The van der Waals surface area contributed by atoms with Gasteiger partial charge in [-0.15, -0.1) is 16.4 Å². The van der Waals surface area contributed by atoms with Crippen LogP contribution in [0.4, 0.5) is 5.69 Å². The van der Waals surface area contributed by atoms with Crippen LogP contribution in [0, 0.1) is 0 Å². The number of hydrogen-bond acceptors (Lipinski definition) is 6. The van der Waals surface area contributed by atoms with Crippen LogP contribution in [0.1, 0.15) is 18.2 Å². The van der Waals surface area contributed by atoms with Gasteiger partial charge in [0.05, 0.1) is 10.6 Å². The second kappa shape index (κ2) is 8.48. The molecule has 0 spiro atoms. The SMILES string of the molecule is C/C(=N/N=C1\NC(=O)C[C@H](C(=O)Nc2ccc(Cl)cc2)S1)c1cccs1. The normalized spacial score (nSPS) is 19.3. The minimum atomic E-state index is -0.574. The number of anilines is 1. The first-order valence-corrected chi connectivity index (χ1v) is 9.84. The van der Waals surface area contributed by atoms with Crippen molar-refractivity contribution >= 4 is 63.1 Å². The minimum absolute atomic E-state index is 0.0801. The number of nitrogens with one attached hydrogen (secondary N) is 2. The van der Waals surface area contributed by atoms with Crippen molar-refractivity contribution in [1.82, 2.24) is 5.32 Å². The van der Waals surface area contributed by atoms with Gasteiger partial charge in [-0.1, -0.05) is 29.4 Å². The van der Waals surface area contributed by atoms with E-state index >= 15 is 0 Å².